The average molecular weight is 363 g/mol. The standard InChI is InChI=1S/C22H34O4/c1-17(15-25-13-11-19(3)23-5)21-7-9-22(10-8-21)18(2)16-26-14-12-20(4)24-6/h7-10,15-16,19-20H,11-14H2,1-6H3/b17-15+,18-16+. The second-order valence-electron chi connectivity index (χ2n) is 6.59. The van der Waals surface area contributed by atoms with Crippen molar-refractivity contribution in [3.8, 4) is 0 Å². The molecular formula is C22H34O4. The molecule has 1 aromatic rings. The van der Waals surface area contributed by atoms with Crippen LogP contribution >= 0.6 is 0 Å². The Hall–Kier alpha value is -1.78. The maximum atomic E-state index is 5.61. The van der Waals surface area contributed by atoms with Crippen molar-refractivity contribution in [3.63, 3.8) is 0 Å². The molecule has 0 fully saturated rings. The zero-order valence-electron chi connectivity index (χ0n) is 17.1. The Labute approximate surface area is 158 Å². The number of methoxy groups -OCH3 is 2. The minimum Gasteiger partial charge on any atom is -0.501 e. The van der Waals surface area contributed by atoms with Gasteiger partial charge in [0.1, 0.15) is 0 Å². The Morgan fingerprint density at radius 1 is 0.769 bits per heavy atom. The van der Waals surface area contributed by atoms with Crippen LogP contribution in [-0.2, 0) is 18.9 Å². The molecule has 1 aromatic carbocycles. The Morgan fingerprint density at radius 2 is 1.12 bits per heavy atom. The molecule has 0 aromatic heterocycles. The van der Waals surface area contributed by atoms with Gasteiger partial charge in [-0.2, -0.15) is 0 Å². The van der Waals surface area contributed by atoms with Crippen LogP contribution in [0.25, 0.3) is 11.1 Å². The molecule has 0 aliphatic rings. The van der Waals surface area contributed by atoms with E-state index in [2.05, 4.69) is 38.1 Å². The predicted octanol–water partition coefficient (Wildman–Crippen LogP) is 5.29. The maximum absolute atomic E-state index is 5.61. The fourth-order valence-corrected chi connectivity index (χ4v) is 2.20. The van der Waals surface area contributed by atoms with Gasteiger partial charge in [0.15, 0.2) is 0 Å². The number of rotatable bonds is 12. The highest BCUT2D eigenvalue weighted by molar-refractivity contribution is 5.68. The normalized spacial score (nSPS) is 14.8. The summed E-state index contributed by atoms with van der Waals surface area (Å²) in [5.41, 5.74) is 4.51. The summed E-state index contributed by atoms with van der Waals surface area (Å²) in [4.78, 5) is 0. The number of allylic oxidation sites excluding steroid dienone is 2. The molecule has 4 nitrogen and oxygen atoms in total. The van der Waals surface area contributed by atoms with E-state index in [-0.39, 0.29) is 12.2 Å². The summed E-state index contributed by atoms with van der Waals surface area (Å²) in [6.07, 6.45) is 5.84. The molecular weight excluding hydrogens is 328 g/mol. The van der Waals surface area contributed by atoms with Gasteiger partial charge >= 0.3 is 0 Å². The van der Waals surface area contributed by atoms with E-state index in [0.717, 1.165) is 35.1 Å². The third kappa shape index (κ3) is 8.54. The molecule has 2 unspecified atom stereocenters. The van der Waals surface area contributed by atoms with Crippen molar-refractivity contribution in [3.05, 3.63) is 47.9 Å². The summed E-state index contributed by atoms with van der Waals surface area (Å²) in [6.45, 7) is 9.50. The Bertz CT molecular complexity index is 509. The van der Waals surface area contributed by atoms with Crippen LogP contribution in [0.1, 0.15) is 51.7 Å². The van der Waals surface area contributed by atoms with Crippen LogP contribution < -0.4 is 0 Å². The fraction of sp³-hybridized carbons (Fsp3) is 0.545. The Balaban J connectivity index is 2.50. The van der Waals surface area contributed by atoms with Gasteiger partial charge in [0, 0.05) is 27.1 Å². The molecule has 4 heteroatoms. The first kappa shape index (κ1) is 22.3. The van der Waals surface area contributed by atoms with E-state index in [9.17, 15) is 0 Å². The molecule has 0 N–H and O–H groups in total. The van der Waals surface area contributed by atoms with Gasteiger partial charge in [-0.05, 0) is 50.0 Å². The minimum atomic E-state index is 0.220. The predicted molar refractivity (Wildman–Crippen MR) is 108 cm³/mol. The van der Waals surface area contributed by atoms with E-state index in [1.165, 1.54) is 0 Å². The van der Waals surface area contributed by atoms with Gasteiger partial charge in [0.05, 0.1) is 37.9 Å². The second kappa shape index (κ2) is 12.6. The lowest BCUT2D eigenvalue weighted by atomic mass is 10.0. The molecule has 26 heavy (non-hydrogen) atoms. The van der Waals surface area contributed by atoms with Gasteiger partial charge in [-0.25, -0.2) is 0 Å². The minimum absolute atomic E-state index is 0.220. The van der Waals surface area contributed by atoms with E-state index >= 15 is 0 Å². The Morgan fingerprint density at radius 3 is 1.42 bits per heavy atom. The summed E-state index contributed by atoms with van der Waals surface area (Å²) in [6, 6.07) is 8.42. The fourth-order valence-electron chi connectivity index (χ4n) is 2.20. The van der Waals surface area contributed by atoms with Gasteiger partial charge < -0.3 is 18.9 Å². The van der Waals surface area contributed by atoms with Gasteiger partial charge in [0.25, 0.3) is 0 Å². The maximum Gasteiger partial charge on any atom is 0.0898 e. The van der Waals surface area contributed by atoms with E-state index in [1.54, 1.807) is 14.2 Å². The third-order valence-corrected chi connectivity index (χ3v) is 4.40. The highest BCUT2D eigenvalue weighted by Crippen LogP contribution is 2.19. The van der Waals surface area contributed by atoms with Crippen LogP contribution in [-0.4, -0.2) is 39.6 Å². The first-order chi connectivity index (χ1) is 12.5. The lowest BCUT2D eigenvalue weighted by Gasteiger charge is -2.10. The summed E-state index contributed by atoms with van der Waals surface area (Å²) in [7, 11) is 3.43. The second-order valence-corrected chi connectivity index (χ2v) is 6.59. The molecule has 2 atom stereocenters. The zero-order valence-corrected chi connectivity index (χ0v) is 17.1. The first-order valence-corrected chi connectivity index (χ1v) is 9.21. The van der Waals surface area contributed by atoms with E-state index in [0.29, 0.717) is 13.2 Å². The van der Waals surface area contributed by atoms with Crippen LogP contribution in [0.4, 0.5) is 0 Å². The number of hydrogen-bond acceptors (Lipinski definition) is 4. The number of hydrogen-bond donors (Lipinski definition) is 0. The van der Waals surface area contributed by atoms with Crippen molar-refractivity contribution in [1.29, 1.82) is 0 Å². The van der Waals surface area contributed by atoms with Crippen LogP contribution in [0.3, 0.4) is 0 Å². The summed E-state index contributed by atoms with van der Waals surface area (Å²) in [5, 5.41) is 0. The smallest absolute Gasteiger partial charge is 0.0898 e. The van der Waals surface area contributed by atoms with E-state index < -0.39 is 0 Å². The third-order valence-electron chi connectivity index (χ3n) is 4.40. The molecule has 1 rings (SSSR count). The Kier molecular flexibility index (Phi) is 10.7. The molecule has 0 aliphatic heterocycles. The van der Waals surface area contributed by atoms with E-state index in [4.69, 9.17) is 18.9 Å². The van der Waals surface area contributed by atoms with Gasteiger partial charge in [-0.1, -0.05) is 24.3 Å². The van der Waals surface area contributed by atoms with Crippen molar-refractivity contribution < 1.29 is 18.9 Å². The zero-order chi connectivity index (χ0) is 19.4. The van der Waals surface area contributed by atoms with Gasteiger partial charge in [-0.3, -0.25) is 0 Å². The summed E-state index contributed by atoms with van der Waals surface area (Å²) in [5.74, 6) is 0. The molecule has 0 bridgehead atoms. The molecule has 0 amide bonds. The topological polar surface area (TPSA) is 36.9 Å². The quantitative estimate of drug-likeness (QED) is 0.374. The van der Waals surface area contributed by atoms with Crippen LogP contribution in [0.5, 0.6) is 0 Å². The first-order valence-electron chi connectivity index (χ1n) is 9.21. The average Bonchev–Trinajstić information content (AvgIpc) is 2.67. The number of benzene rings is 1. The van der Waals surface area contributed by atoms with Crippen molar-refractivity contribution in [1.82, 2.24) is 0 Å². The van der Waals surface area contributed by atoms with Gasteiger partial charge in [0.2, 0.25) is 0 Å². The van der Waals surface area contributed by atoms with Crippen molar-refractivity contribution in [2.75, 3.05) is 27.4 Å². The van der Waals surface area contributed by atoms with Crippen LogP contribution in [0.15, 0.2) is 36.8 Å². The molecule has 146 valence electrons. The van der Waals surface area contributed by atoms with E-state index in [1.807, 2.05) is 26.4 Å². The largest absolute Gasteiger partial charge is 0.501 e. The lowest BCUT2D eigenvalue weighted by molar-refractivity contribution is 0.0875. The summed E-state index contributed by atoms with van der Waals surface area (Å²) >= 11 is 0. The molecule has 0 radical (unpaired) electrons. The monoisotopic (exact) mass is 362 g/mol. The number of ether oxygens (including phenoxy) is 4. The SMILES string of the molecule is COC(C)CCO/C=C(\C)c1ccc(/C(C)=C/OCCC(C)OC)cc1. The van der Waals surface area contributed by atoms with Gasteiger partial charge in [-0.15, -0.1) is 0 Å². The lowest BCUT2D eigenvalue weighted by Crippen LogP contribution is -2.07. The van der Waals surface area contributed by atoms with Crippen molar-refractivity contribution in [2.24, 2.45) is 0 Å². The molecule has 0 heterocycles. The highest BCUT2D eigenvalue weighted by Gasteiger charge is 2.02. The van der Waals surface area contributed by atoms with Crippen LogP contribution in [0.2, 0.25) is 0 Å². The highest BCUT2D eigenvalue weighted by atomic mass is 16.5. The molecule has 0 saturated heterocycles. The molecule has 0 aliphatic carbocycles. The summed E-state index contributed by atoms with van der Waals surface area (Å²) < 4.78 is 21.6. The molecule has 0 saturated carbocycles. The van der Waals surface area contributed by atoms with Crippen molar-refractivity contribution >= 4 is 11.1 Å². The molecule has 0 spiro atoms. The van der Waals surface area contributed by atoms with Crippen molar-refractivity contribution in [2.45, 2.75) is 52.7 Å². The van der Waals surface area contributed by atoms with Crippen LogP contribution in [0, 0.1) is 0 Å².